The maximum absolute atomic E-state index is 11.7. The first kappa shape index (κ1) is 12.3. The summed E-state index contributed by atoms with van der Waals surface area (Å²) in [4.78, 5) is 33.7. The highest BCUT2D eigenvalue weighted by atomic mass is 16.4. The summed E-state index contributed by atoms with van der Waals surface area (Å²) in [5.41, 5.74) is 0.378. The fraction of sp³-hybridized carbons (Fsp3) is 0.417. The molecule has 1 aromatic rings. The number of carbonyl (C=O) groups excluding carboxylic acids is 1. The Bertz CT molecular complexity index is 549. The molecule has 0 aromatic carbocycles. The quantitative estimate of drug-likeness (QED) is 0.815. The Balaban J connectivity index is 2.04. The maximum Gasteiger partial charge on any atom is 0.307 e. The number of hydrogen-bond donors (Lipinski definition) is 2. The standard InChI is InChI=1S/C12H14N2O4/c1-2-14-6-7(3-4-10(14)15)13-11(16)8-5-9(8)12(17)18/h3-4,6,8-9H,2,5H2,1H3,(H,13,16)(H,17,18). The Kier molecular flexibility index (Phi) is 3.18. The Morgan fingerprint density at radius 1 is 1.44 bits per heavy atom. The third-order valence-electron chi connectivity index (χ3n) is 3.04. The first-order valence-electron chi connectivity index (χ1n) is 5.77. The monoisotopic (exact) mass is 250 g/mol. The molecule has 6 heteroatoms. The van der Waals surface area contributed by atoms with E-state index in [9.17, 15) is 14.4 Å². The van der Waals surface area contributed by atoms with Gasteiger partial charge in [-0.1, -0.05) is 0 Å². The Morgan fingerprint density at radius 2 is 2.17 bits per heavy atom. The van der Waals surface area contributed by atoms with Crippen LogP contribution in [0, 0.1) is 11.8 Å². The van der Waals surface area contributed by atoms with Crippen LogP contribution in [0.5, 0.6) is 0 Å². The molecule has 0 bridgehead atoms. The summed E-state index contributed by atoms with van der Waals surface area (Å²) in [6, 6.07) is 2.89. The van der Waals surface area contributed by atoms with Gasteiger partial charge in [0.25, 0.3) is 5.56 Å². The van der Waals surface area contributed by atoms with E-state index >= 15 is 0 Å². The van der Waals surface area contributed by atoms with Crippen LogP contribution >= 0.6 is 0 Å². The molecule has 2 atom stereocenters. The van der Waals surface area contributed by atoms with Crippen molar-refractivity contribution in [2.75, 3.05) is 5.32 Å². The molecule has 18 heavy (non-hydrogen) atoms. The zero-order valence-corrected chi connectivity index (χ0v) is 9.92. The van der Waals surface area contributed by atoms with E-state index in [4.69, 9.17) is 5.11 Å². The van der Waals surface area contributed by atoms with Crippen LogP contribution in [0.1, 0.15) is 13.3 Å². The number of aromatic nitrogens is 1. The van der Waals surface area contributed by atoms with Crippen LogP contribution in [0.3, 0.4) is 0 Å². The lowest BCUT2D eigenvalue weighted by atomic mass is 10.3. The van der Waals surface area contributed by atoms with Crippen molar-refractivity contribution in [3.05, 3.63) is 28.7 Å². The minimum absolute atomic E-state index is 0.134. The second-order valence-corrected chi connectivity index (χ2v) is 4.32. The molecule has 2 N–H and O–H groups in total. The fourth-order valence-electron chi connectivity index (χ4n) is 1.85. The smallest absolute Gasteiger partial charge is 0.307 e. The largest absolute Gasteiger partial charge is 0.481 e. The van der Waals surface area contributed by atoms with Gasteiger partial charge in [0.15, 0.2) is 0 Å². The second-order valence-electron chi connectivity index (χ2n) is 4.32. The predicted molar refractivity (Wildman–Crippen MR) is 64.2 cm³/mol. The zero-order valence-electron chi connectivity index (χ0n) is 9.92. The van der Waals surface area contributed by atoms with Gasteiger partial charge in [-0.2, -0.15) is 0 Å². The predicted octanol–water partition coefficient (Wildman–Crippen LogP) is 0.527. The van der Waals surface area contributed by atoms with E-state index in [0.29, 0.717) is 18.7 Å². The van der Waals surface area contributed by atoms with Gasteiger partial charge in [0.1, 0.15) is 0 Å². The van der Waals surface area contributed by atoms with Gasteiger partial charge in [0, 0.05) is 18.8 Å². The molecule has 2 rings (SSSR count). The molecule has 1 saturated carbocycles. The number of anilines is 1. The van der Waals surface area contributed by atoms with Crippen LogP contribution in [0.2, 0.25) is 0 Å². The van der Waals surface area contributed by atoms with Crippen molar-refractivity contribution in [3.63, 3.8) is 0 Å². The summed E-state index contributed by atoms with van der Waals surface area (Å²) in [7, 11) is 0. The summed E-state index contributed by atoms with van der Waals surface area (Å²) < 4.78 is 1.47. The van der Waals surface area contributed by atoms with E-state index in [1.54, 1.807) is 6.20 Å². The van der Waals surface area contributed by atoms with Crippen LogP contribution in [0.4, 0.5) is 5.69 Å². The fourth-order valence-corrected chi connectivity index (χ4v) is 1.85. The molecule has 1 heterocycles. The van der Waals surface area contributed by atoms with Gasteiger partial charge in [-0.05, 0) is 19.4 Å². The molecular formula is C12H14N2O4. The third-order valence-corrected chi connectivity index (χ3v) is 3.04. The minimum atomic E-state index is -0.936. The lowest BCUT2D eigenvalue weighted by Gasteiger charge is -2.07. The average molecular weight is 250 g/mol. The van der Waals surface area contributed by atoms with E-state index in [-0.39, 0.29) is 11.5 Å². The van der Waals surface area contributed by atoms with Gasteiger partial charge in [-0.3, -0.25) is 14.4 Å². The number of rotatable bonds is 4. The number of nitrogens with one attached hydrogen (secondary N) is 1. The second kappa shape index (κ2) is 4.64. The number of aliphatic carboxylic acids is 1. The van der Waals surface area contributed by atoms with Crippen LogP contribution < -0.4 is 10.9 Å². The van der Waals surface area contributed by atoms with Gasteiger partial charge in [-0.15, -0.1) is 0 Å². The lowest BCUT2D eigenvalue weighted by molar-refractivity contribution is -0.139. The number of carboxylic acid groups (broad SMARTS) is 1. The first-order valence-corrected chi connectivity index (χ1v) is 5.77. The lowest BCUT2D eigenvalue weighted by Crippen LogP contribution is -2.21. The molecule has 6 nitrogen and oxygen atoms in total. The summed E-state index contributed by atoms with van der Waals surface area (Å²) in [5.74, 6) is -2.26. The van der Waals surface area contributed by atoms with Crippen molar-refractivity contribution in [2.45, 2.75) is 19.9 Å². The van der Waals surface area contributed by atoms with Crippen molar-refractivity contribution in [1.82, 2.24) is 4.57 Å². The van der Waals surface area contributed by atoms with E-state index < -0.39 is 17.8 Å². The molecule has 0 saturated heterocycles. The number of nitrogens with zero attached hydrogens (tertiary/aromatic N) is 1. The molecule has 1 aliphatic carbocycles. The number of amides is 1. The Hall–Kier alpha value is -2.11. The van der Waals surface area contributed by atoms with E-state index in [2.05, 4.69) is 5.32 Å². The highest BCUT2D eigenvalue weighted by Gasteiger charge is 2.48. The molecule has 1 aromatic heterocycles. The van der Waals surface area contributed by atoms with E-state index in [0.717, 1.165) is 0 Å². The first-order chi connectivity index (χ1) is 8.52. The van der Waals surface area contributed by atoms with Gasteiger partial charge >= 0.3 is 5.97 Å². The van der Waals surface area contributed by atoms with Crippen molar-refractivity contribution >= 4 is 17.6 Å². The highest BCUT2D eigenvalue weighted by Crippen LogP contribution is 2.39. The van der Waals surface area contributed by atoms with E-state index in [1.165, 1.54) is 16.7 Å². The number of carbonyl (C=O) groups is 2. The molecule has 1 aliphatic rings. The Labute approximate surface area is 103 Å². The number of pyridine rings is 1. The SMILES string of the molecule is CCn1cc(NC(=O)C2CC2C(=O)O)ccc1=O. The molecule has 0 aliphatic heterocycles. The molecule has 1 amide bonds. The maximum atomic E-state index is 11.7. The topological polar surface area (TPSA) is 88.4 Å². The van der Waals surface area contributed by atoms with Crippen molar-refractivity contribution in [2.24, 2.45) is 11.8 Å². The van der Waals surface area contributed by atoms with Crippen molar-refractivity contribution in [1.29, 1.82) is 0 Å². The van der Waals surface area contributed by atoms with E-state index in [1.807, 2.05) is 6.92 Å². The van der Waals surface area contributed by atoms with Gasteiger partial charge in [0.2, 0.25) is 5.91 Å². The molecule has 1 fully saturated rings. The summed E-state index contributed by atoms with van der Waals surface area (Å²) in [6.07, 6.45) is 1.94. The van der Waals surface area contributed by atoms with Crippen LogP contribution in [0.15, 0.2) is 23.1 Å². The molecule has 0 radical (unpaired) electrons. The molecule has 0 spiro atoms. The number of carboxylic acids is 1. The summed E-state index contributed by atoms with van der Waals surface area (Å²) in [6.45, 7) is 2.35. The molecule has 96 valence electrons. The summed E-state index contributed by atoms with van der Waals surface area (Å²) >= 11 is 0. The van der Waals surface area contributed by atoms with Crippen LogP contribution in [-0.4, -0.2) is 21.6 Å². The summed E-state index contributed by atoms with van der Waals surface area (Å²) in [5, 5.41) is 11.4. The van der Waals surface area contributed by atoms with Crippen molar-refractivity contribution in [3.8, 4) is 0 Å². The zero-order chi connectivity index (χ0) is 13.3. The molecule has 2 unspecified atom stereocenters. The normalized spacial score (nSPS) is 21.4. The minimum Gasteiger partial charge on any atom is -0.481 e. The van der Waals surface area contributed by atoms with Gasteiger partial charge in [0.05, 0.1) is 17.5 Å². The average Bonchev–Trinajstić information content (AvgIpc) is 3.11. The van der Waals surface area contributed by atoms with Crippen molar-refractivity contribution < 1.29 is 14.7 Å². The number of hydrogen-bond acceptors (Lipinski definition) is 3. The van der Waals surface area contributed by atoms with Crippen LogP contribution in [0.25, 0.3) is 0 Å². The van der Waals surface area contributed by atoms with Crippen LogP contribution in [-0.2, 0) is 16.1 Å². The number of aryl methyl sites for hydroxylation is 1. The third kappa shape index (κ3) is 2.42. The molecular weight excluding hydrogens is 236 g/mol. The Morgan fingerprint density at radius 3 is 2.72 bits per heavy atom. The van der Waals surface area contributed by atoms with Gasteiger partial charge < -0.3 is 15.0 Å². The highest BCUT2D eigenvalue weighted by molar-refractivity contribution is 5.98. The van der Waals surface area contributed by atoms with Gasteiger partial charge in [-0.25, -0.2) is 0 Å².